The minimum atomic E-state index is -1.55. The predicted octanol–water partition coefficient (Wildman–Crippen LogP) is -2.82. The van der Waals surface area contributed by atoms with Crippen molar-refractivity contribution >= 4 is 5.97 Å². The topological polar surface area (TPSA) is 244 Å². The second-order valence-electron chi connectivity index (χ2n) is 11.0. The first kappa shape index (κ1) is 35.4. The van der Waals surface area contributed by atoms with Gasteiger partial charge in [0.05, 0.1) is 25.4 Å². The highest BCUT2D eigenvalue weighted by molar-refractivity contribution is 5.69. The summed E-state index contributed by atoms with van der Waals surface area (Å²) in [5, 5.41) is 89.0. The average Bonchev–Trinajstić information content (AvgIpc) is 3.30. The molecule has 2 saturated heterocycles. The number of aromatic nitrogens is 1. The van der Waals surface area contributed by atoms with E-state index in [0.717, 1.165) is 0 Å². The highest BCUT2D eigenvalue weighted by atomic mass is 16.7. The molecule has 2 fully saturated rings. The Hall–Kier alpha value is -2.09. The highest BCUT2D eigenvalue weighted by Crippen LogP contribution is 2.25. The first-order valence-electron chi connectivity index (χ1n) is 14.6. The normalized spacial score (nSPS) is 33.1. The van der Waals surface area contributed by atoms with Gasteiger partial charge < -0.3 is 69.9 Å². The molecule has 2 aliphatic heterocycles. The van der Waals surface area contributed by atoms with Gasteiger partial charge in [0.25, 0.3) is 0 Å². The lowest BCUT2D eigenvalue weighted by Gasteiger charge is -2.40. The molecule has 1 aromatic rings. The van der Waals surface area contributed by atoms with Crippen molar-refractivity contribution in [3.8, 4) is 11.8 Å². The third-order valence-electron chi connectivity index (χ3n) is 7.80. The van der Waals surface area contributed by atoms with Gasteiger partial charge in [-0.1, -0.05) is 6.42 Å². The van der Waals surface area contributed by atoms with Crippen LogP contribution in [0.4, 0.5) is 0 Å². The molecule has 10 atom stereocenters. The van der Waals surface area contributed by atoms with Crippen LogP contribution < -0.4 is 4.84 Å². The van der Waals surface area contributed by atoms with Crippen molar-refractivity contribution in [3.05, 3.63) is 12.1 Å². The molecule has 16 nitrogen and oxygen atoms in total. The number of aliphatic hydroxyl groups excluding tert-OH is 7. The molecule has 16 heteroatoms. The van der Waals surface area contributed by atoms with Crippen LogP contribution in [0.3, 0.4) is 0 Å². The van der Waals surface area contributed by atoms with Gasteiger partial charge >= 0.3 is 5.97 Å². The van der Waals surface area contributed by atoms with Crippen molar-refractivity contribution in [1.29, 1.82) is 0 Å². The summed E-state index contributed by atoms with van der Waals surface area (Å²) in [7, 11) is 0. The van der Waals surface area contributed by atoms with Gasteiger partial charge in [-0.25, -0.2) is 4.79 Å². The molecule has 0 spiro atoms. The van der Waals surface area contributed by atoms with Crippen LogP contribution in [0.5, 0.6) is 11.8 Å². The van der Waals surface area contributed by atoms with Crippen molar-refractivity contribution < 1.29 is 69.8 Å². The molecular weight excluding hydrogens is 576 g/mol. The van der Waals surface area contributed by atoms with Crippen LogP contribution in [0.1, 0.15) is 45.4 Å². The molecule has 1 aromatic heterocycles. The summed E-state index contributed by atoms with van der Waals surface area (Å²) in [5.74, 6) is -1.43. The molecule has 43 heavy (non-hydrogen) atoms. The number of aliphatic hydroxyl groups is 7. The molecule has 0 saturated carbocycles. The molecule has 0 bridgehead atoms. The second kappa shape index (κ2) is 16.8. The van der Waals surface area contributed by atoms with Crippen molar-refractivity contribution in [2.45, 2.75) is 107 Å². The number of hydrogen-bond acceptors (Lipinski definition) is 15. The number of carbonyl (C=O) groups excluding carboxylic acids is 1. The largest absolute Gasteiger partial charge is 0.492 e. The number of ether oxygens (including phenoxy) is 3. The number of aromatic hydroxyl groups is 2. The average molecular weight is 623 g/mol. The maximum Gasteiger partial charge on any atom is 0.333 e. The van der Waals surface area contributed by atoms with E-state index in [4.69, 9.17) is 19.0 Å². The molecule has 9 N–H and O–H groups in total. The van der Waals surface area contributed by atoms with E-state index in [-0.39, 0.29) is 13.0 Å². The highest BCUT2D eigenvalue weighted by Gasteiger charge is 2.44. The SMILES string of the molecule is C[C@@H]1O[C@@H](CCCN(CCCCCC(=O)On2c(O)ccc2O)CCO[C@H]2O[C@H](CO)[C@@H](O)[C@H](O)[C@H]2O)[C@@H](O)[C@H](O)[C@@H]1O. The molecule has 248 valence electrons. The Morgan fingerprint density at radius 3 is 2.12 bits per heavy atom. The van der Waals surface area contributed by atoms with E-state index in [1.165, 1.54) is 12.1 Å². The van der Waals surface area contributed by atoms with E-state index in [0.29, 0.717) is 56.5 Å². The van der Waals surface area contributed by atoms with Crippen molar-refractivity contribution in [3.63, 3.8) is 0 Å². The molecule has 3 rings (SSSR count). The van der Waals surface area contributed by atoms with Crippen LogP contribution in [0.2, 0.25) is 0 Å². The third-order valence-corrected chi connectivity index (χ3v) is 7.80. The lowest BCUT2D eigenvalue weighted by molar-refractivity contribution is -0.301. The fourth-order valence-electron chi connectivity index (χ4n) is 5.15. The van der Waals surface area contributed by atoms with Crippen LogP contribution >= 0.6 is 0 Å². The van der Waals surface area contributed by atoms with E-state index in [1.54, 1.807) is 6.92 Å². The Bertz CT molecular complexity index is 960. The molecule has 0 radical (unpaired) electrons. The van der Waals surface area contributed by atoms with E-state index >= 15 is 0 Å². The Morgan fingerprint density at radius 2 is 1.44 bits per heavy atom. The quantitative estimate of drug-likeness (QED) is 0.0845. The van der Waals surface area contributed by atoms with Crippen molar-refractivity contribution in [2.75, 3.05) is 32.8 Å². The first-order chi connectivity index (χ1) is 20.4. The van der Waals surface area contributed by atoms with Gasteiger partial charge in [-0.05, 0) is 45.7 Å². The maximum atomic E-state index is 12.1. The van der Waals surface area contributed by atoms with Gasteiger partial charge in [-0.2, -0.15) is 0 Å². The van der Waals surface area contributed by atoms with Gasteiger partial charge in [-0.3, -0.25) is 0 Å². The van der Waals surface area contributed by atoms with E-state index < -0.39 is 85.6 Å². The zero-order valence-electron chi connectivity index (χ0n) is 24.2. The Balaban J connectivity index is 1.47. The van der Waals surface area contributed by atoms with E-state index in [9.17, 15) is 50.8 Å². The summed E-state index contributed by atoms with van der Waals surface area (Å²) in [6.45, 7) is 2.61. The molecule has 2 aliphatic rings. The monoisotopic (exact) mass is 622 g/mol. The number of nitrogens with zero attached hydrogens (tertiary/aromatic N) is 2. The maximum absolute atomic E-state index is 12.1. The zero-order chi connectivity index (χ0) is 31.7. The van der Waals surface area contributed by atoms with Gasteiger partial charge in [0.1, 0.15) is 42.7 Å². The molecule has 0 amide bonds. The molecule has 0 aliphatic carbocycles. The van der Waals surface area contributed by atoms with Gasteiger partial charge in [0.15, 0.2) is 6.29 Å². The number of rotatable bonds is 16. The minimum absolute atomic E-state index is 0.0561. The van der Waals surface area contributed by atoms with E-state index in [1.807, 2.05) is 4.90 Å². The fourth-order valence-corrected chi connectivity index (χ4v) is 5.15. The summed E-state index contributed by atoms with van der Waals surface area (Å²) in [6, 6.07) is 2.37. The van der Waals surface area contributed by atoms with E-state index in [2.05, 4.69) is 0 Å². The zero-order valence-corrected chi connectivity index (χ0v) is 24.2. The van der Waals surface area contributed by atoms with Crippen molar-refractivity contribution in [2.24, 2.45) is 0 Å². The summed E-state index contributed by atoms with van der Waals surface area (Å²) >= 11 is 0. The Kier molecular flexibility index (Phi) is 13.9. The van der Waals surface area contributed by atoms with Crippen LogP contribution in [-0.4, -0.2) is 156 Å². The lowest BCUT2D eigenvalue weighted by Crippen LogP contribution is -2.59. The van der Waals surface area contributed by atoms with Gasteiger partial charge in [0.2, 0.25) is 11.8 Å². The predicted molar refractivity (Wildman–Crippen MR) is 146 cm³/mol. The summed E-state index contributed by atoms with van der Waals surface area (Å²) in [6.07, 6.45) is -9.10. The smallest absolute Gasteiger partial charge is 0.333 e. The van der Waals surface area contributed by atoms with Crippen molar-refractivity contribution in [1.82, 2.24) is 9.63 Å². The summed E-state index contributed by atoms with van der Waals surface area (Å²) < 4.78 is 17.3. The minimum Gasteiger partial charge on any atom is -0.492 e. The lowest BCUT2D eigenvalue weighted by atomic mass is 9.93. The summed E-state index contributed by atoms with van der Waals surface area (Å²) in [4.78, 5) is 19.0. The van der Waals surface area contributed by atoms with Crippen LogP contribution in [0.25, 0.3) is 0 Å². The molecule has 3 heterocycles. The van der Waals surface area contributed by atoms with Gasteiger partial charge in [0, 0.05) is 25.1 Å². The molecule has 0 unspecified atom stereocenters. The van der Waals surface area contributed by atoms with Crippen LogP contribution in [0.15, 0.2) is 12.1 Å². The van der Waals surface area contributed by atoms with Gasteiger partial charge in [-0.15, -0.1) is 4.73 Å². The Labute approximate surface area is 249 Å². The second-order valence-corrected chi connectivity index (χ2v) is 11.0. The standard InChI is InChI=1S/C27H46N2O14/c1-15-21(34)24(37)22(35)16(41-15)6-5-11-28(12-13-40-27-26(39)25(38)23(36)17(14-30)42-27)10-4-2-3-7-20(33)43-29-18(31)8-9-19(29)32/h8-9,15-17,21-27,30-32,34-39H,2-7,10-14H2,1H3/t15-,16-,17+,21+,22+,23+,24+,25-,26+,27-/m0/s1. The first-order valence-corrected chi connectivity index (χ1v) is 14.6. The van der Waals surface area contributed by atoms with Crippen LogP contribution in [0, 0.1) is 0 Å². The summed E-state index contributed by atoms with van der Waals surface area (Å²) in [5.41, 5.74) is 0. The number of unbranched alkanes of at least 4 members (excludes halogenated alkanes) is 2. The number of hydrogen-bond donors (Lipinski definition) is 9. The molecule has 0 aromatic carbocycles. The fraction of sp³-hybridized carbons (Fsp3) is 0.815. The Morgan fingerprint density at radius 1 is 0.814 bits per heavy atom. The van der Waals surface area contributed by atoms with Crippen LogP contribution in [-0.2, 0) is 19.0 Å². The molecular formula is C27H46N2O14. The number of carbonyl (C=O) groups is 1. The third kappa shape index (κ3) is 9.70.